The lowest BCUT2D eigenvalue weighted by atomic mass is 10.0. The van der Waals surface area contributed by atoms with Gasteiger partial charge in [-0.05, 0) is 19.8 Å². The molecule has 2 aliphatic rings. The number of carbonyl (C=O) groups is 2. The average Bonchev–Trinajstić information content (AvgIpc) is 3.00. The fourth-order valence-electron chi connectivity index (χ4n) is 2.03. The van der Waals surface area contributed by atoms with Crippen LogP contribution in [-0.4, -0.2) is 53.2 Å². The number of nitrogens with one attached hydrogen (secondary N) is 2. The molecule has 0 radical (unpaired) electrons. The Kier molecular flexibility index (Phi) is 3.00. The Labute approximate surface area is 94.0 Å². The first kappa shape index (κ1) is 11.2. The predicted octanol–water partition coefficient (Wildman–Crippen LogP) is -0.395. The van der Waals surface area contributed by atoms with E-state index in [1.165, 1.54) is 4.90 Å². The molecular weight excluding hydrogens is 210 g/mol. The quantitative estimate of drug-likeness (QED) is 0.600. The van der Waals surface area contributed by atoms with Gasteiger partial charge < -0.3 is 15.7 Å². The fraction of sp³-hybridized carbons (Fsp3) is 0.800. The molecule has 6 heteroatoms. The minimum Gasteiger partial charge on any atom is -0.465 e. The summed E-state index contributed by atoms with van der Waals surface area (Å²) in [6.45, 7) is 2.80. The summed E-state index contributed by atoms with van der Waals surface area (Å²) in [6.07, 6.45) is 0.991. The first-order valence-electron chi connectivity index (χ1n) is 5.63. The summed E-state index contributed by atoms with van der Waals surface area (Å²) < 4.78 is 0. The summed E-state index contributed by atoms with van der Waals surface area (Å²) in [7, 11) is 0. The van der Waals surface area contributed by atoms with E-state index >= 15 is 0 Å². The summed E-state index contributed by atoms with van der Waals surface area (Å²) in [5.74, 6) is -0.176. The van der Waals surface area contributed by atoms with Crippen molar-refractivity contribution in [3.05, 3.63) is 0 Å². The van der Waals surface area contributed by atoms with E-state index in [9.17, 15) is 9.59 Å². The van der Waals surface area contributed by atoms with Gasteiger partial charge in [-0.25, -0.2) is 4.79 Å². The van der Waals surface area contributed by atoms with Crippen LogP contribution in [0.25, 0.3) is 0 Å². The third kappa shape index (κ3) is 2.27. The van der Waals surface area contributed by atoms with E-state index in [4.69, 9.17) is 5.11 Å². The minimum atomic E-state index is -1.02. The molecule has 0 spiro atoms. The first-order chi connectivity index (χ1) is 7.59. The molecule has 2 fully saturated rings. The molecule has 0 bridgehead atoms. The normalized spacial score (nSPS) is 29.9. The third-order valence-corrected chi connectivity index (χ3v) is 3.07. The second kappa shape index (κ2) is 4.29. The van der Waals surface area contributed by atoms with Crippen LogP contribution in [0.15, 0.2) is 0 Å². The lowest BCUT2D eigenvalue weighted by molar-refractivity contribution is -0.127. The maximum absolute atomic E-state index is 11.9. The van der Waals surface area contributed by atoms with Crippen LogP contribution in [0.3, 0.4) is 0 Å². The molecule has 1 saturated heterocycles. The fourth-order valence-corrected chi connectivity index (χ4v) is 2.03. The molecule has 6 nitrogen and oxygen atoms in total. The number of carboxylic acid groups (broad SMARTS) is 1. The van der Waals surface area contributed by atoms with Gasteiger partial charge in [-0.3, -0.25) is 9.69 Å². The monoisotopic (exact) mass is 227 g/mol. The zero-order chi connectivity index (χ0) is 11.7. The van der Waals surface area contributed by atoms with Crippen LogP contribution < -0.4 is 10.6 Å². The predicted molar refractivity (Wildman–Crippen MR) is 57.1 cm³/mol. The molecule has 0 aromatic carbocycles. The molecule has 1 aliphatic carbocycles. The Morgan fingerprint density at radius 1 is 1.44 bits per heavy atom. The molecule has 2 atom stereocenters. The Morgan fingerprint density at radius 2 is 2.12 bits per heavy atom. The van der Waals surface area contributed by atoms with Gasteiger partial charge in [-0.2, -0.15) is 0 Å². The smallest absolute Gasteiger partial charge is 0.408 e. The van der Waals surface area contributed by atoms with Gasteiger partial charge in [0.2, 0.25) is 5.91 Å². The zero-order valence-electron chi connectivity index (χ0n) is 9.27. The molecule has 1 heterocycles. The molecule has 90 valence electrons. The highest BCUT2D eigenvalue weighted by Gasteiger charge is 2.38. The molecule has 2 unspecified atom stereocenters. The van der Waals surface area contributed by atoms with Crippen molar-refractivity contribution in [1.82, 2.24) is 15.5 Å². The number of piperazine rings is 1. The summed E-state index contributed by atoms with van der Waals surface area (Å²) >= 11 is 0. The summed E-state index contributed by atoms with van der Waals surface area (Å²) in [5, 5.41) is 15.0. The van der Waals surface area contributed by atoms with Crippen molar-refractivity contribution < 1.29 is 14.7 Å². The van der Waals surface area contributed by atoms with E-state index in [1.54, 1.807) is 0 Å². The van der Waals surface area contributed by atoms with E-state index in [0.29, 0.717) is 13.1 Å². The summed E-state index contributed by atoms with van der Waals surface area (Å²) in [5.41, 5.74) is 0. The number of carbonyl (C=O) groups excluding carboxylic acids is 1. The SMILES string of the molecule is CC1NCCN(C(=O)O)C1C(=O)NC1CC1. The standard InChI is InChI=1S/C10H17N3O3/c1-6-8(9(14)12-7-2-3-7)13(10(15)16)5-4-11-6/h6-8,11H,2-5H2,1H3,(H,12,14)(H,15,16). The van der Waals surface area contributed by atoms with Gasteiger partial charge in [0.1, 0.15) is 6.04 Å². The molecule has 1 saturated carbocycles. The topological polar surface area (TPSA) is 81.7 Å². The Bertz CT molecular complexity index is 304. The lowest BCUT2D eigenvalue weighted by Crippen LogP contribution is -2.63. The maximum Gasteiger partial charge on any atom is 0.408 e. The number of nitrogens with zero attached hydrogens (tertiary/aromatic N) is 1. The molecule has 16 heavy (non-hydrogen) atoms. The van der Waals surface area contributed by atoms with Gasteiger partial charge in [0, 0.05) is 25.2 Å². The number of hydrogen-bond acceptors (Lipinski definition) is 3. The highest BCUT2D eigenvalue weighted by molar-refractivity contribution is 5.86. The van der Waals surface area contributed by atoms with E-state index in [0.717, 1.165) is 12.8 Å². The molecule has 0 aromatic heterocycles. The van der Waals surface area contributed by atoms with Crippen LogP contribution in [-0.2, 0) is 4.79 Å². The Morgan fingerprint density at radius 3 is 2.69 bits per heavy atom. The molecule has 1 aliphatic heterocycles. The number of rotatable bonds is 2. The Balaban J connectivity index is 2.05. The van der Waals surface area contributed by atoms with Crippen molar-refractivity contribution in [2.75, 3.05) is 13.1 Å². The van der Waals surface area contributed by atoms with Crippen molar-refractivity contribution >= 4 is 12.0 Å². The van der Waals surface area contributed by atoms with Crippen LogP contribution in [0.5, 0.6) is 0 Å². The summed E-state index contributed by atoms with van der Waals surface area (Å²) in [6, 6.07) is -0.479. The summed E-state index contributed by atoms with van der Waals surface area (Å²) in [4.78, 5) is 24.2. The second-order valence-corrected chi connectivity index (χ2v) is 4.45. The first-order valence-corrected chi connectivity index (χ1v) is 5.63. The highest BCUT2D eigenvalue weighted by atomic mass is 16.4. The van der Waals surface area contributed by atoms with Crippen LogP contribution in [0.2, 0.25) is 0 Å². The average molecular weight is 227 g/mol. The van der Waals surface area contributed by atoms with Gasteiger partial charge >= 0.3 is 6.09 Å². The molecule has 0 aromatic rings. The van der Waals surface area contributed by atoms with Crippen LogP contribution in [0.1, 0.15) is 19.8 Å². The maximum atomic E-state index is 11.9. The minimum absolute atomic E-state index is 0.136. The van der Waals surface area contributed by atoms with Gasteiger partial charge in [-0.15, -0.1) is 0 Å². The van der Waals surface area contributed by atoms with Gasteiger partial charge in [0.05, 0.1) is 0 Å². The second-order valence-electron chi connectivity index (χ2n) is 4.45. The van der Waals surface area contributed by atoms with Crippen molar-refractivity contribution in [3.8, 4) is 0 Å². The van der Waals surface area contributed by atoms with Gasteiger partial charge in [0.25, 0.3) is 0 Å². The van der Waals surface area contributed by atoms with Crippen molar-refractivity contribution in [2.24, 2.45) is 0 Å². The third-order valence-electron chi connectivity index (χ3n) is 3.07. The van der Waals surface area contributed by atoms with Crippen LogP contribution in [0.4, 0.5) is 4.79 Å². The van der Waals surface area contributed by atoms with Crippen molar-refractivity contribution in [3.63, 3.8) is 0 Å². The largest absolute Gasteiger partial charge is 0.465 e. The molecule has 3 N–H and O–H groups in total. The van der Waals surface area contributed by atoms with E-state index in [2.05, 4.69) is 10.6 Å². The van der Waals surface area contributed by atoms with E-state index in [1.807, 2.05) is 6.92 Å². The molecule has 2 rings (SSSR count). The number of amides is 2. The van der Waals surface area contributed by atoms with Gasteiger partial charge in [0.15, 0.2) is 0 Å². The lowest BCUT2D eigenvalue weighted by Gasteiger charge is -2.37. The molecular formula is C10H17N3O3. The van der Waals surface area contributed by atoms with Crippen molar-refractivity contribution in [2.45, 2.75) is 37.9 Å². The van der Waals surface area contributed by atoms with Crippen LogP contribution in [0, 0.1) is 0 Å². The van der Waals surface area contributed by atoms with Crippen molar-refractivity contribution in [1.29, 1.82) is 0 Å². The van der Waals surface area contributed by atoms with Crippen LogP contribution >= 0.6 is 0 Å². The zero-order valence-corrected chi connectivity index (χ0v) is 9.27. The van der Waals surface area contributed by atoms with E-state index in [-0.39, 0.29) is 18.0 Å². The molecule has 2 amide bonds. The van der Waals surface area contributed by atoms with Gasteiger partial charge in [-0.1, -0.05) is 0 Å². The van der Waals surface area contributed by atoms with E-state index < -0.39 is 12.1 Å². The Hall–Kier alpha value is -1.30. The number of hydrogen-bond donors (Lipinski definition) is 3. The highest BCUT2D eigenvalue weighted by Crippen LogP contribution is 2.20.